The summed E-state index contributed by atoms with van der Waals surface area (Å²) in [4.78, 5) is 2.17. The van der Waals surface area contributed by atoms with Crippen LogP contribution in [0.1, 0.15) is 26.2 Å². The molecule has 1 unspecified atom stereocenters. The van der Waals surface area contributed by atoms with Crippen LogP contribution in [-0.4, -0.2) is 44.0 Å². The maximum absolute atomic E-state index is 8.58. The first-order valence-corrected chi connectivity index (χ1v) is 5.54. The van der Waals surface area contributed by atoms with Gasteiger partial charge in [0.05, 0.1) is 25.7 Å². The zero-order chi connectivity index (χ0) is 11.1. The molecule has 1 fully saturated rings. The van der Waals surface area contributed by atoms with Crippen LogP contribution in [0.2, 0.25) is 0 Å². The van der Waals surface area contributed by atoms with Gasteiger partial charge in [0.1, 0.15) is 0 Å². The van der Waals surface area contributed by atoms with Crippen molar-refractivity contribution in [3.05, 3.63) is 0 Å². The van der Waals surface area contributed by atoms with E-state index in [0.717, 1.165) is 32.6 Å². The van der Waals surface area contributed by atoms with Crippen LogP contribution in [0.4, 0.5) is 0 Å². The van der Waals surface area contributed by atoms with Gasteiger partial charge in [0, 0.05) is 19.0 Å². The Labute approximate surface area is 91.8 Å². The second-order valence-corrected chi connectivity index (χ2v) is 4.01. The summed E-state index contributed by atoms with van der Waals surface area (Å²) in [6, 6.07) is 2.49. The highest BCUT2D eigenvalue weighted by atomic mass is 16.7. The normalized spacial score (nSPS) is 20.1. The lowest BCUT2D eigenvalue weighted by atomic mass is 10.2. The summed E-state index contributed by atoms with van der Waals surface area (Å²) in [6.45, 7) is 4.59. The molecule has 1 atom stereocenters. The van der Waals surface area contributed by atoms with Crippen molar-refractivity contribution < 1.29 is 9.47 Å². The van der Waals surface area contributed by atoms with Gasteiger partial charge in [-0.2, -0.15) is 5.26 Å². The molecule has 1 heterocycles. The van der Waals surface area contributed by atoms with Crippen LogP contribution in [-0.2, 0) is 9.47 Å². The minimum absolute atomic E-state index is 0.0458. The Morgan fingerprint density at radius 3 is 2.73 bits per heavy atom. The third-order valence-corrected chi connectivity index (χ3v) is 2.75. The third kappa shape index (κ3) is 4.61. The average Bonchev–Trinajstić information content (AvgIpc) is 2.27. The number of nitrogens with zero attached hydrogens (tertiary/aromatic N) is 2. The van der Waals surface area contributed by atoms with Gasteiger partial charge >= 0.3 is 0 Å². The van der Waals surface area contributed by atoms with E-state index in [4.69, 9.17) is 14.7 Å². The van der Waals surface area contributed by atoms with Gasteiger partial charge in [0.2, 0.25) is 0 Å². The lowest BCUT2D eigenvalue weighted by Gasteiger charge is -2.27. The van der Waals surface area contributed by atoms with Crippen molar-refractivity contribution in [2.75, 3.05) is 26.8 Å². The van der Waals surface area contributed by atoms with Gasteiger partial charge in [-0.1, -0.05) is 0 Å². The van der Waals surface area contributed by atoms with Crippen LogP contribution in [0.15, 0.2) is 0 Å². The Morgan fingerprint density at radius 1 is 1.47 bits per heavy atom. The fraction of sp³-hybridized carbons (Fsp3) is 0.909. The molecule has 0 bridgehead atoms. The predicted molar refractivity (Wildman–Crippen MR) is 57.2 cm³/mol. The minimum atomic E-state index is -0.0458. The zero-order valence-electron chi connectivity index (χ0n) is 9.61. The van der Waals surface area contributed by atoms with Crippen LogP contribution in [0.25, 0.3) is 0 Å². The smallest absolute Gasteiger partial charge is 0.158 e. The van der Waals surface area contributed by atoms with Crippen molar-refractivity contribution in [3.8, 4) is 6.07 Å². The first kappa shape index (κ1) is 12.4. The van der Waals surface area contributed by atoms with E-state index in [1.165, 1.54) is 0 Å². The summed E-state index contributed by atoms with van der Waals surface area (Å²) in [7, 11) is 2.03. The molecule has 1 aliphatic rings. The average molecular weight is 212 g/mol. The first-order valence-electron chi connectivity index (χ1n) is 5.54. The highest BCUT2D eigenvalue weighted by Gasteiger charge is 2.16. The monoisotopic (exact) mass is 212 g/mol. The molecule has 1 aliphatic heterocycles. The highest BCUT2D eigenvalue weighted by molar-refractivity contribution is 4.78. The number of rotatable bonds is 5. The van der Waals surface area contributed by atoms with Crippen molar-refractivity contribution in [1.82, 2.24) is 4.90 Å². The van der Waals surface area contributed by atoms with Crippen LogP contribution >= 0.6 is 0 Å². The molecule has 0 aromatic heterocycles. The number of hydrogen-bond donors (Lipinski definition) is 0. The minimum Gasteiger partial charge on any atom is -0.353 e. The largest absolute Gasteiger partial charge is 0.353 e. The maximum atomic E-state index is 8.58. The van der Waals surface area contributed by atoms with Crippen molar-refractivity contribution >= 4 is 0 Å². The predicted octanol–water partition coefficient (Wildman–Crippen LogP) is 1.37. The lowest BCUT2D eigenvalue weighted by Crippen LogP contribution is -2.34. The molecule has 0 aromatic rings. The van der Waals surface area contributed by atoms with E-state index in [1.54, 1.807) is 0 Å². The molecular formula is C11H20N2O2. The molecule has 0 spiro atoms. The van der Waals surface area contributed by atoms with Crippen LogP contribution < -0.4 is 0 Å². The summed E-state index contributed by atoms with van der Waals surface area (Å²) in [6.07, 6.45) is 2.40. The van der Waals surface area contributed by atoms with E-state index in [-0.39, 0.29) is 6.29 Å². The van der Waals surface area contributed by atoms with E-state index >= 15 is 0 Å². The van der Waals surface area contributed by atoms with Gasteiger partial charge in [-0.3, -0.25) is 0 Å². The van der Waals surface area contributed by atoms with E-state index < -0.39 is 0 Å². The van der Waals surface area contributed by atoms with Gasteiger partial charge in [0.25, 0.3) is 0 Å². The SMILES string of the molecule is CC(CC#N)N(C)CCC1OCCCO1. The summed E-state index contributed by atoms with van der Waals surface area (Å²) >= 11 is 0. The highest BCUT2D eigenvalue weighted by Crippen LogP contribution is 2.10. The number of ether oxygens (including phenoxy) is 2. The molecule has 0 N–H and O–H groups in total. The molecule has 1 saturated heterocycles. The summed E-state index contributed by atoms with van der Waals surface area (Å²) < 4.78 is 10.9. The van der Waals surface area contributed by atoms with Crippen molar-refractivity contribution in [1.29, 1.82) is 5.26 Å². The Kier molecular flexibility index (Phi) is 5.62. The molecule has 4 heteroatoms. The second-order valence-electron chi connectivity index (χ2n) is 4.01. The zero-order valence-corrected chi connectivity index (χ0v) is 9.61. The van der Waals surface area contributed by atoms with Crippen molar-refractivity contribution in [3.63, 3.8) is 0 Å². The first-order chi connectivity index (χ1) is 7.24. The number of hydrogen-bond acceptors (Lipinski definition) is 4. The van der Waals surface area contributed by atoms with Crippen LogP contribution in [0, 0.1) is 11.3 Å². The molecule has 0 saturated carbocycles. The summed E-state index contributed by atoms with van der Waals surface area (Å²) in [5.41, 5.74) is 0. The van der Waals surface area contributed by atoms with Gasteiger partial charge in [-0.15, -0.1) is 0 Å². The van der Waals surface area contributed by atoms with Gasteiger partial charge < -0.3 is 14.4 Å². The summed E-state index contributed by atoms with van der Waals surface area (Å²) in [5.74, 6) is 0. The van der Waals surface area contributed by atoms with Gasteiger partial charge in [0.15, 0.2) is 6.29 Å². The van der Waals surface area contributed by atoms with Crippen molar-refractivity contribution in [2.45, 2.75) is 38.5 Å². The quantitative estimate of drug-likeness (QED) is 0.690. The molecule has 15 heavy (non-hydrogen) atoms. The molecule has 86 valence electrons. The standard InChI is InChI=1S/C11H20N2O2/c1-10(4-6-12)13(2)7-5-11-14-8-3-9-15-11/h10-11H,3-5,7-9H2,1-2H3. The molecule has 0 aromatic carbocycles. The Bertz CT molecular complexity index is 209. The Morgan fingerprint density at radius 2 is 2.13 bits per heavy atom. The molecule has 0 aliphatic carbocycles. The third-order valence-electron chi connectivity index (χ3n) is 2.75. The van der Waals surface area contributed by atoms with Crippen molar-refractivity contribution in [2.24, 2.45) is 0 Å². The Hall–Kier alpha value is -0.630. The molecule has 4 nitrogen and oxygen atoms in total. The molecule has 1 rings (SSSR count). The summed E-state index contributed by atoms with van der Waals surface area (Å²) in [5, 5.41) is 8.58. The molecule has 0 amide bonds. The Balaban J connectivity index is 2.15. The van der Waals surface area contributed by atoms with E-state index in [2.05, 4.69) is 17.9 Å². The van der Waals surface area contributed by atoms with Gasteiger partial charge in [-0.25, -0.2) is 0 Å². The van der Waals surface area contributed by atoms with Crippen LogP contribution in [0.5, 0.6) is 0 Å². The fourth-order valence-corrected chi connectivity index (χ4v) is 1.52. The topological polar surface area (TPSA) is 45.5 Å². The maximum Gasteiger partial charge on any atom is 0.158 e. The second kappa shape index (κ2) is 6.78. The van der Waals surface area contributed by atoms with E-state index in [9.17, 15) is 0 Å². The fourth-order valence-electron chi connectivity index (χ4n) is 1.52. The van der Waals surface area contributed by atoms with Gasteiger partial charge in [-0.05, 0) is 20.4 Å². The molecular weight excluding hydrogens is 192 g/mol. The lowest BCUT2D eigenvalue weighted by molar-refractivity contribution is -0.182. The van der Waals surface area contributed by atoms with E-state index in [1.807, 2.05) is 7.05 Å². The van der Waals surface area contributed by atoms with Crippen LogP contribution in [0.3, 0.4) is 0 Å². The molecule has 0 radical (unpaired) electrons. The number of nitriles is 1. The van der Waals surface area contributed by atoms with E-state index in [0.29, 0.717) is 12.5 Å².